The Morgan fingerprint density at radius 1 is 1.29 bits per heavy atom. The van der Waals surface area contributed by atoms with Gasteiger partial charge >= 0.3 is 6.03 Å². The average molecular weight is 394 g/mol. The first-order valence-corrected chi connectivity index (χ1v) is 9.27. The molecule has 1 aliphatic carbocycles. The second-order valence-electron chi connectivity index (χ2n) is 7.17. The SMILES string of the molecule is CC1CCC2(CC1)NC(=O)N(CN(C)Cc1ccccc1Br)C2=O. The smallest absolute Gasteiger partial charge is 0.323 e. The number of hydrogen-bond acceptors (Lipinski definition) is 3. The molecule has 0 radical (unpaired) electrons. The number of nitrogens with one attached hydrogen (secondary N) is 1. The molecule has 24 heavy (non-hydrogen) atoms. The number of carbonyl (C=O) groups excluding carboxylic acids is 2. The molecule has 0 bridgehead atoms. The van der Waals surface area contributed by atoms with E-state index < -0.39 is 5.54 Å². The van der Waals surface area contributed by atoms with Crippen LogP contribution in [0.15, 0.2) is 28.7 Å². The Balaban J connectivity index is 1.66. The molecular weight excluding hydrogens is 370 g/mol. The van der Waals surface area contributed by atoms with Gasteiger partial charge in [-0.2, -0.15) is 0 Å². The number of benzene rings is 1. The predicted octanol–water partition coefficient (Wildman–Crippen LogP) is 3.34. The van der Waals surface area contributed by atoms with Crippen molar-refractivity contribution in [3.05, 3.63) is 34.3 Å². The highest BCUT2D eigenvalue weighted by molar-refractivity contribution is 9.10. The third-order valence-electron chi connectivity index (χ3n) is 5.15. The molecule has 3 rings (SSSR count). The van der Waals surface area contributed by atoms with Crippen molar-refractivity contribution in [3.63, 3.8) is 0 Å². The highest BCUT2D eigenvalue weighted by atomic mass is 79.9. The molecule has 0 atom stereocenters. The third kappa shape index (κ3) is 3.35. The van der Waals surface area contributed by atoms with Crippen LogP contribution in [0.4, 0.5) is 4.79 Å². The fourth-order valence-corrected chi connectivity index (χ4v) is 4.02. The van der Waals surface area contributed by atoms with Crippen molar-refractivity contribution in [1.29, 1.82) is 0 Å². The Morgan fingerprint density at radius 2 is 1.96 bits per heavy atom. The van der Waals surface area contributed by atoms with Gasteiger partial charge in [-0.3, -0.25) is 9.69 Å². The zero-order valence-electron chi connectivity index (χ0n) is 14.2. The first-order valence-electron chi connectivity index (χ1n) is 8.47. The monoisotopic (exact) mass is 393 g/mol. The van der Waals surface area contributed by atoms with Crippen LogP contribution in [0.25, 0.3) is 0 Å². The van der Waals surface area contributed by atoms with Crippen molar-refractivity contribution in [2.24, 2.45) is 5.92 Å². The molecule has 2 fully saturated rings. The van der Waals surface area contributed by atoms with Gasteiger partial charge in [0, 0.05) is 11.0 Å². The molecule has 5 nitrogen and oxygen atoms in total. The normalized spacial score (nSPS) is 27.2. The molecule has 1 aromatic carbocycles. The Kier molecular flexibility index (Phi) is 4.97. The zero-order chi connectivity index (χ0) is 17.3. The fraction of sp³-hybridized carbons (Fsp3) is 0.556. The zero-order valence-corrected chi connectivity index (χ0v) is 15.8. The van der Waals surface area contributed by atoms with Crippen LogP contribution in [0, 0.1) is 5.92 Å². The summed E-state index contributed by atoms with van der Waals surface area (Å²) in [4.78, 5) is 28.6. The third-order valence-corrected chi connectivity index (χ3v) is 5.93. The van der Waals surface area contributed by atoms with Gasteiger partial charge in [-0.1, -0.05) is 41.1 Å². The van der Waals surface area contributed by atoms with Crippen LogP contribution in [0.3, 0.4) is 0 Å². The molecule has 1 heterocycles. The second-order valence-corrected chi connectivity index (χ2v) is 8.03. The molecule has 0 aromatic heterocycles. The van der Waals surface area contributed by atoms with Crippen molar-refractivity contribution in [2.75, 3.05) is 13.7 Å². The van der Waals surface area contributed by atoms with Crippen LogP contribution in [0.2, 0.25) is 0 Å². The maximum Gasteiger partial charge on any atom is 0.326 e. The number of imide groups is 1. The first-order chi connectivity index (χ1) is 11.4. The molecule has 1 N–H and O–H groups in total. The Morgan fingerprint density at radius 3 is 2.62 bits per heavy atom. The van der Waals surface area contributed by atoms with Crippen molar-refractivity contribution in [1.82, 2.24) is 15.1 Å². The van der Waals surface area contributed by atoms with Gasteiger partial charge < -0.3 is 5.32 Å². The lowest BCUT2D eigenvalue weighted by atomic mass is 9.77. The molecule has 130 valence electrons. The lowest BCUT2D eigenvalue weighted by Crippen LogP contribution is -2.49. The first kappa shape index (κ1) is 17.4. The summed E-state index contributed by atoms with van der Waals surface area (Å²) in [6, 6.07) is 7.73. The van der Waals surface area contributed by atoms with Crippen molar-refractivity contribution in [2.45, 2.75) is 44.7 Å². The van der Waals surface area contributed by atoms with E-state index >= 15 is 0 Å². The number of amides is 3. The van der Waals surface area contributed by atoms with Gasteiger partial charge in [0.15, 0.2) is 0 Å². The predicted molar refractivity (Wildman–Crippen MR) is 96.2 cm³/mol. The van der Waals surface area contributed by atoms with Crippen LogP contribution in [-0.4, -0.2) is 41.0 Å². The molecule has 1 aromatic rings. The summed E-state index contributed by atoms with van der Waals surface area (Å²) < 4.78 is 1.03. The van der Waals surface area contributed by atoms with Crippen LogP contribution in [0.1, 0.15) is 38.2 Å². The summed E-state index contributed by atoms with van der Waals surface area (Å²) in [6.45, 7) is 3.18. The number of rotatable bonds is 4. The van der Waals surface area contributed by atoms with E-state index in [2.05, 4.69) is 28.2 Å². The quantitative estimate of drug-likeness (QED) is 0.797. The molecule has 6 heteroatoms. The van der Waals surface area contributed by atoms with Gasteiger partial charge in [-0.25, -0.2) is 9.69 Å². The van der Waals surface area contributed by atoms with Gasteiger partial charge in [-0.05, 0) is 50.3 Å². The number of urea groups is 1. The number of nitrogens with zero attached hydrogens (tertiary/aromatic N) is 2. The van der Waals surface area contributed by atoms with Crippen LogP contribution in [0.5, 0.6) is 0 Å². The van der Waals surface area contributed by atoms with Gasteiger partial charge in [0.05, 0.1) is 6.67 Å². The lowest BCUT2D eigenvalue weighted by Gasteiger charge is -2.33. The van der Waals surface area contributed by atoms with E-state index in [-0.39, 0.29) is 11.9 Å². The van der Waals surface area contributed by atoms with Crippen molar-refractivity contribution in [3.8, 4) is 0 Å². The Hall–Kier alpha value is -1.40. The minimum atomic E-state index is -0.655. The van der Waals surface area contributed by atoms with E-state index in [1.165, 1.54) is 4.90 Å². The summed E-state index contributed by atoms with van der Waals surface area (Å²) in [5.74, 6) is 0.575. The fourth-order valence-electron chi connectivity index (χ4n) is 3.61. The average Bonchev–Trinajstić information content (AvgIpc) is 2.77. The summed E-state index contributed by atoms with van der Waals surface area (Å²) in [7, 11) is 1.92. The molecule has 0 unspecified atom stereocenters. The molecule has 1 aliphatic heterocycles. The van der Waals surface area contributed by atoms with E-state index in [9.17, 15) is 9.59 Å². The van der Waals surface area contributed by atoms with Gasteiger partial charge in [0.25, 0.3) is 5.91 Å². The second kappa shape index (κ2) is 6.84. The summed E-state index contributed by atoms with van der Waals surface area (Å²) >= 11 is 3.54. The number of halogens is 1. The topological polar surface area (TPSA) is 52.7 Å². The highest BCUT2D eigenvalue weighted by Crippen LogP contribution is 2.36. The lowest BCUT2D eigenvalue weighted by molar-refractivity contribution is -0.134. The van der Waals surface area contributed by atoms with Crippen molar-refractivity contribution >= 4 is 27.9 Å². The molecule has 1 saturated heterocycles. The summed E-state index contributed by atoms with van der Waals surface area (Å²) in [5, 5.41) is 2.97. The minimum Gasteiger partial charge on any atom is -0.323 e. The standard InChI is InChI=1S/C18H24BrN3O2/c1-13-7-9-18(10-8-13)16(23)22(17(24)20-18)12-21(2)11-14-5-3-4-6-15(14)19/h3-6,13H,7-12H2,1-2H3,(H,20,24). The van der Waals surface area contributed by atoms with Crippen molar-refractivity contribution < 1.29 is 9.59 Å². The number of hydrogen-bond donors (Lipinski definition) is 1. The molecular formula is C18H24BrN3O2. The summed E-state index contributed by atoms with van der Waals surface area (Å²) in [5.41, 5.74) is 0.478. The molecule has 2 aliphatic rings. The maximum atomic E-state index is 12.9. The molecule has 1 spiro atoms. The molecule has 3 amide bonds. The molecule has 1 saturated carbocycles. The van der Waals surface area contributed by atoms with E-state index in [1.807, 2.05) is 36.2 Å². The van der Waals surface area contributed by atoms with Gasteiger partial charge in [0.1, 0.15) is 5.54 Å². The Bertz CT molecular complexity index is 641. The highest BCUT2D eigenvalue weighted by Gasteiger charge is 2.52. The van der Waals surface area contributed by atoms with E-state index in [0.29, 0.717) is 19.1 Å². The van der Waals surface area contributed by atoms with E-state index in [4.69, 9.17) is 0 Å². The van der Waals surface area contributed by atoms with Crippen LogP contribution in [-0.2, 0) is 11.3 Å². The van der Waals surface area contributed by atoms with Crippen LogP contribution >= 0.6 is 15.9 Å². The largest absolute Gasteiger partial charge is 0.326 e. The van der Waals surface area contributed by atoms with Gasteiger partial charge in [-0.15, -0.1) is 0 Å². The number of carbonyl (C=O) groups is 2. The summed E-state index contributed by atoms with van der Waals surface area (Å²) in [6.07, 6.45) is 3.49. The van der Waals surface area contributed by atoms with E-state index in [0.717, 1.165) is 35.7 Å². The maximum absolute atomic E-state index is 12.9. The Labute approximate surface area is 151 Å². The van der Waals surface area contributed by atoms with E-state index in [1.54, 1.807) is 0 Å². The minimum absolute atomic E-state index is 0.0571. The van der Waals surface area contributed by atoms with Crippen LogP contribution < -0.4 is 5.32 Å². The van der Waals surface area contributed by atoms with Gasteiger partial charge in [0.2, 0.25) is 0 Å².